The van der Waals surface area contributed by atoms with Crippen LogP contribution in [0.5, 0.6) is 0 Å². The van der Waals surface area contributed by atoms with E-state index >= 15 is 0 Å². The van der Waals surface area contributed by atoms with Gasteiger partial charge in [0.2, 0.25) is 5.95 Å². The van der Waals surface area contributed by atoms with Gasteiger partial charge in [0.25, 0.3) is 0 Å². The van der Waals surface area contributed by atoms with E-state index in [9.17, 15) is 0 Å². The van der Waals surface area contributed by atoms with Gasteiger partial charge in [0, 0.05) is 30.2 Å². The van der Waals surface area contributed by atoms with Crippen LogP contribution in [0.4, 0.5) is 17.5 Å². The van der Waals surface area contributed by atoms with Crippen LogP contribution in [0.2, 0.25) is 0 Å². The summed E-state index contributed by atoms with van der Waals surface area (Å²) in [6.07, 6.45) is 6.23. The van der Waals surface area contributed by atoms with Crippen LogP contribution < -0.4 is 10.2 Å². The van der Waals surface area contributed by atoms with Crippen LogP contribution in [-0.2, 0) is 13.0 Å². The number of hydrogen-bond donors (Lipinski definition) is 3. The lowest BCUT2D eigenvalue weighted by Gasteiger charge is -2.28. The summed E-state index contributed by atoms with van der Waals surface area (Å²) in [6.45, 7) is 1.62. The minimum absolute atomic E-state index is 0.553. The second-order valence-electron chi connectivity index (χ2n) is 6.16. The van der Waals surface area contributed by atoms with Crippen molar-refractivity contribution in [1.82, 2.24) is 30.1 Å². The van der Waals surface area contributed by atoms with Gasteiger partial charge in [-0.25, -0.2) is 9.97 Å². The number of imidazole rings is 1. The number of fused-ring (bicyclic) bond motifs is 2. The van der Waals surface area contributed by atoms with Crippen LogP contribution in [-0.4, -0.2) is 36.7 Å². The van der Waals surface area contributed by atoms with Gasteiger partial charge in [-0.05, 0) is 34.1 Å². The minimum atomic E-state index is 0.553. The molecule has 4 heterocycles. The number of halogens is 1. The first-order valence-electron chi connectivity index (χ1n) is 8.25. The van der Waals surface area contributed by atoms with Crippen molar-refractivity contribution in [2.75, 3.05) is 16.8 Å². The van der Waals surface area contributed by atoms with Crippen LogP contribution in [0.25, 0.3) is 10.9 Å². The van der Waals surface area contributed by atoms with Gasteiger partial charge in [-0.3, -0.25) is 5.10 Å². The Hall–Kier alpha value is -2.94. The molecule has 1 aliphatic heterocycles. The lowest BCUT2D eigenvalue weighted by atomic mass is 10.1. The van der Waals surface area contributed by atoms with E-state index in [2.05, 4.69) is 51.3 Å². The Morgan fingerprint density at radius 3 is 3.12 bits per heavy atom. The molecular formula is C17H15BrN8. The smallest absolute Gasteiger partial charge is 0.229 e. The Balaban J connectivity index is 1.43. The second-order valence-corrected chi connectivity index (χ2v) is 7.02. The molecule has 0 spiro atoms. The molecule has 5 rings (SSSR count). The Labute approximate surface area is 157 Å². The highest BCUT2D eigenvalue weighted by molar-refractivity contribution is 9.10. The molecule has 26 heavy (non-hydrogen) atoms. The zero-order valence-electron chi connectivity index (χ0n) is 13.7. The quantitative estimate of drug-likeness (QED) is 0.479. The Bertz CT molecular complexity index is 1090. The van der Waals surface area contributed by atoms with Crippen LogP contribution in [0.15, 0.2) is 41.4 Å². The third-order valence-corrected chi connectivity index (χ3v) is 5.06. The SMILES string of the molecule is Brc1cnc(Nc2ccc3cn[nH]c3c2)nc1N1CCc2nc[nH]c2C1. The van der Waals surface area contributed by atoms with E-state index < -0.39 is 0 Å². The van der Waals surface area contributed by atoms with E-state index in [-0.39, 0.29) is 0 Å². The third kappa shape index (κ3) is 2.70. The molecule has 0 fully saturated rings. The van der Waals surface area contributed by atoms with Crippen molar-refractivity contribution >= 4 is 44.3 Å². The van der Waals surface area contributed by atoms with E-state index in [0.29, 0.717) is 5.95 Å². The normalized spacial score (nSPS) is 13.8. The van der Waals surface area contributed by atoms with Gasteiger partial charge in [-0.2, -0.15) is 10.1 Å². The van der Waals surface area contributed by atoms with Crippen molar-refractivity contribution in [1.29, 1.82) is 0 Å². The summed E-state index contributed by atoms with van der Waals surface area (Å²) in [5.41, 5.74) is 4.15. The van der Waals surface area contributed by atoms with E-state index in [1.54, 1.807) is 18.7 Å². The number of H-pyrrole nitrogens is 2. The minimum Gasteiger partial charge on any atom is -0.349 e. The van der Waals surface area contributed by atoms with Gasteiger partial charge >= 0.3 is 0 Å². The number of benzene rings is 1. The second kappa shape index (κ2) is 6.10. The fourth-order valence-electron chi connectivity index (χ4n) is 3.18. The van der Waals surface area contributed by atoms with Crippen molar-refractivity contribution < 1.29 is 0 Å². The first-order chi connectivity index (χ1) is 12.8. The highest BCUT2D eigenvalue weighted by Crippen LogP contribution is 2.29. The molecular weight excluding hydrogens is 396 g/mol. The predicted octanol–water partition coefficient (Wildman–Crippen LogP) is 3.14. The van der Waals surface area contributed by atoms with Gasteiger partial charge in [0.15, 0.2) is 0 Å². The summed E-state index contributed by atoms with van der Waals surface area (Å²) in [6, 6.07) is 5.98. The van der Waals surface area contributed by atoms with Crippen molar-refractivity contribution in [2.45, 2.75) is 13.0 Å². The lowest BCUT2D eigenvalue weighted by molar-refractivity contribution is 0.699. The highest BCUT2D eigenvalue weighted by atomic mass is 79.9. The number of aromatic amines is 2. The molecule has 0 amide bonds. The van der Waals surface area contributed by atoms with E-state index in [4.69, 9.17) is 4.98 Å². The molecule has 0 atom stereocenters. The summed E-state index contributed by atoms with van der Waals surface area (Å²) < 4.78 is 0.870. The topological polar surface area (TPSA) is 98.4 Å². The molecule has 0 bridgehead atoms. The maximum atomic E-state index is 4.71. The molecule has 0 saturated carbocycles. The van der Waals surface area contributed by atoms with Crippen LogP contribution in [0, 0.1) is 0 Å². The Morgan fingerprint density at radius 1 is 1.19 bits per heavy atom. The third-order valence-electron chi connectivity index (χ3n) is 4.50. The summed E-state index contributed by atoms with van der Waals surface area (Å²) in [5, 5.41) is 11.3. The fourth-order valence-corrected chi connectivity index (χ4v) is 3.62. The highest BCUT2D eigenvalue weighted by Gasteiger charge is 2.21. The van der Waals surface area contributed by atoms with Gasteiger partial charge in [-0.15, -0.1) is 0 Å². The summed E-state index contributed by atoms with van der Waals surface area (Å²) in [4.78, 5) is 18.9. The average Bonchev–Trinajstić information content (AvgIpc) is 3.31. The average molecular weight is 411 g/mol. The molecule has 0 radical (unpaired) electrons. The molecule has 1 aliphatic rings. The first kappa shape index (κ1) is 15.3. The van der Waals surface area contributed by atoms with Gasteiger partial charge in [0.1, 0.15) is 5.82 Å². The molecule has 0 saturated heterocycles. The number of rotatable bonds is 3. The summed E-state index contributed by atoms with van der Waals surface area (Å²) in [5.74, 6) is 1.42. The summed E-state index contributed by atoms with van der Waals surface area (Å²) >= 11 is 3.58. The number of aromatic nitrogens is 6. The van der Waals surface area contributed by atoms with Crippen molar-refractivity contribution in [3.63, 3.8) is 0 Å². The standard InChI is InChI=1S/C17H15BrN8/c18-12-7-19-17(23-11-2-1-10-6-22-25-14(10)5-11)24-16(12)26-4-3-13-15(8-26)21-9-20-13/h1-2,5-7,9H,3-4,8H2,(H,20,21)(H,22,25)(H,19,23,24). The monoisotopic (exact) mass is 410 g/mol. The molecule has 4 aromatic rings. The predicted molar refractivity (Wildman–Crippen MR) is 102 cm³/mol. The number of nitrogens with zero attached hydrogens (tertiary/aromatic N) is 5. The number of nitrogens with one attached hydrogen (secondary N) is 3. The maximum Gasteiger partial charge on any atom is 0.229 e. The maximum absolute atomic E-state index is 4.71. The van der Waals surface area contributed by atoms with E-state index in [1.165, 1.54) is 0 Å². The van der Waals surface area contributed by atoms with E-state index in [0.717, 1.165) is 57.8 Å². The van der Waals surface area contributed by atoms with E-state index in [1.807, 2.05) is 18.2 Å². The van der Waals surface area contributed by atoms with Crippen LogP contribution in [0.1, 0.15) is 11.4 Å². The molecule has 8 nitrogen and oxygen atoms in total. The molecule has 1 aromatic carbocycles. The molecule has 0 aliphatic carbocycles. The number of hydrogen-bond acceptors (Lipinski definition) is 6. The fraction of sp³-hybridized carbons (Fsp3) is 0.176. The molecule has 9 heteroatoms. The van der Waals surface area contributed by atoms with Crippen molar-refractivity contribution in [3.8, 4) is 0 Å². The lowest BCUT2D eigenvalue weighted by Crippen LogP contribution is -2.31. The van der Waals surface area contributed by atoms with Crippen LogP contribution in [0.3, 0.4) is 0 Å². The van der Waals surface area contributed by atoms with Gasteiger partial charge in [-0.1, -0.05) is 0 Å². The van der Waals surface area contributed by atoms with Crippen LogP contribution >= 0.6 is 15.9 Å². The molecule has 0 unspecified atom stereocenters. The van der Waals surface area contributed by atoms with Gasteiger partial charge < -0.3 is 15.2 Å². The Morgan fingerprint density at radius 2 is 2.15 bits per heavy atom. The molecule has 3 aromatic heterocycles. The van der Waals surface area contributed by atoms with Crippen molar-refractivity contribution in [2.24, 2.45) is 0 Å². The van der Waals surface area contributed by atoms with Gasteiger partial charge in [0.05, 0.1) is 40.4 Å². The Kier molecular flexibility index (Phi) is 3.59. The zero-order chi connectivity index (χ0) is 17.5. The molecule has 3 N–H and O–H groups in total. The first-order valence-corrected chi connectivity index (χ1v) is 9.04. The molecule has 130 valence electrons. The van der Waals surface area contributed by atoms with Crippen molar-refractivity contribution in [3.05, 3.63) is 52.8 Å². The number of anilines is 3. The zero-order valence-corrected chi connectivity index (χ0v) is 15.3. The largest absolute Gasteiger partial charge is 0.349 e. The summed E-state index contributed by atoms with van der Waals surface area (Å²) in [7, 11) is 0.